The van der Waals surface area contributed by atoms with Crippen molar-refractivity contribution >= 4 is 17.0 Å². The lowest BCUT2D eigenvalue weighted by Crippen LogP contribution is -2.37. The van der Waals surface area contributed by atoms with Crippen LogP contribution in [0.4, 0.5) is 13.2 Å². The van der Waals surface area contributed by atoms with Gasteiger partial charge in [0.15, 0.2) is 5.96 Å². The third kappa shape index (κ3) is 12.8. The molecule has 0 unspecified atom stereocenters. The number of nitrogens with zero attached hydrogens (tertiary/aromatic N) is 3. The molecule has 0 saturated heterocycles. The van der Waals surface area contributed by atoms with E-state index in [-0.39, 0.29) is 41.7 Å². The molecular formula is C38H55F3N8O2. The van der Waals surface area contributed by atoms with E-state index in [4.69, 9.17) is 21.9 Å². The minimum Gasteiger partial charge on any atom is -0.375 e. The maximum atomic E-state index is 13.0. The van der Waals surface area contributed by atoms with Gasteiger partial charge in [-0.2, -0.15) is 18.2 Å². The molecule has 0 fully saturated rings. The van der Waals surface area contributed by atoms with Crippen LogP contribution in [0.25, 0.3) is 16.7 Å². The van der Waals surface area contributed by atoms with Crippen LogP contribution in [0, 0.1) is 0 Å². The van der Waals surface area contributed by atoms with Crippen molar-refractivity contribution < 1.29 is 17.9 Å². The van der Waals surface area contributed by atoms with Crippen molar-refractivity contribution in [3.8, 4) is 5.69 Å². The Bertz CT molecular complexity index is 1790. The number of ether oxygens (including phenoxy) is 1. The molecule has 0 aliphatic rings. The summed E-state index contributed by atoms with van der Waals surface area (Å²) in [6.45, 7) is 19.6. The van der Waals surface area contributed by atoms with Gasteiger partial charge in [0.05, 0.1) is 24.5 Å². The zero-order valence-electron chi connectivity index (χ0n) is 31.3. The summed E-state index contributed by atoms with van der Waals surface area (Å²) in [5, 5.41) is 4.36. The van der Waals surface area contributed by atoms with E-state index in [0.717, 1.165) is 41.4 Å². The number of H-pyrrole nitrogens is 1. The van der Waals surface area contributed by atoms with Gasteiger partial charge in [0, 0.05) is 40.8 Å². The lowest BCUT2D eigenvalue weighted by Gasteiger charge is -2.23. The van der Waals surface area contributed by atoms with Crippen molar-refractivity contribution in [3.63, 3.8) is 0 Å². The molecule has 0 spiro atoms. The van der Waals surface area contributed by atoms with E-state index in [1.54, 1.807) is 24.5 Å². The molecule has 2 aromatic heterocycles. The van der Waals surface area contributed by atoms with Crippen LogP contribution in [0.1, 0.15) is 103 Å². The number of hydrogen-bond acceptors (Lipinski definition) is 6. The van der Waals surface area contributed by atoms with Crippen LogP contribution in [0.15, 0.2) is 64.5 Å². The number of aromatic amines is 1. The van der Waals surface area contributed by atoms with Gasteiger partial charge in [-0.25, -0.2) is 4.79 Å². The predicted octanol–water partition coefficient (Wildman–Crippen LogP) is 6.58. The van der Waals surface area contributed by atoms with Crippen molar-refractivity contribution in [1.29, 1.82) is 0 Å². The van der Waals surface area contributed by atoms with Crippen LogP contribution in [-0.4, -0.2) is 45.7 Å². The topological polar surface area (TPSA) is 162 Å². The highest BCUT2D eigenvalue weighted by atomic mass is 19.4. The number of hydrogen-bond donors (Lipinski definition) is 5. The zero-order valence-corrected chi connectivity index (χ0v) is 31.3. The van der Waals surface area contributed by atoms with E-state index < -0.39 is 17.3 Å². The standard InChI is InChI=1S/C22H31N7O.C16H24F3NO/c1-14(25-10-5-11-26-20(23)24)15-6-8-17(9-7-15)29-13-16-12-18(22(2,3)4)27-19(16)28-21(29)30;1-14(2,3)12-6-11(9-21-10-15(4,5)20)7-13(8-12)16(17,18)19/h6-9,12-14,25H,5,10-11H2,1-4H3,(H4,23,24,26)(H,27,28,30);6-8H,9-10,20H2,1-5H3/t14-;/m0./s1. The average molecular weight is 713 g/mol. The number of guanidine groups is 1. The number of benzene rings is 2. The first-order valence-corrected chi connectivity index (χ1v) is 17.0. The SMILES string of the molecule is CC(C)(N)COCc1cc(C(C)(C)C)cc(C(F)(F)F)c1.C[C@H](NCCCN=C(N)N)c1ccc(-n2cc3cc(C(C)(C)C)[nH]c3nc2=O)cc1. The Morgan fingerprint density at radius 3 is 2.14 bits per heavy atom. The third-order valence-corrected chi connectivity index (χ3v) is 8.00. The number of fused-ring (bicyclic) bond motifs is 1. The minimum atomic E-state index is -4.36. The van der Waals surface area contributed by atoms with E-state index >= 15 is 0 Å². The normalized spacial score (nSPS) is 13.1. The molecule has 2 heterocycles. The number of alkyl halides is 3. The molecule has 8 N–H and O–H groups in total. The van der Waals surface area contributed by atoms with Gasteiger partial charge in [0.1, 0.15) is 5.65 Å². The molecule has 1 atom stereocenters. The van der Waals surface area contributed by atoms with Gasteiger partial charge in [-0.1, -0.05) is 59.7 Å². The number of aromatic nitrogens is 3. The Balaban J connectivity index is 0.000000295. The van der Waals surface area contributed by atoms with E-state index in [2.05, 4.69) is 54.0 Å². The second kappa shape index (κ2) is 16.4. The summed E-state index contributed by atoms with van der Waals surface area (Å²) in [5.41, 5.74) is 19.4. The number of halogens is 3. The summed E-state index contributed by atoms with van der Waals surface area (Å²) in [6, 6.07) is 14.3. The summed E-state index contributed by atoms with van der Waals surface area (Å²) in [5.74, 6) is 0.121. The average Bonchev–Trinajstić information content (AvgIpc) is 3.43. The molecule has 0 saturated carbocycles. The van der Waals surface area contributed by atoms with Crippen molar-refractivity contribution in [1.82, 2.24) is 19.9 Å². The molecule has 0 radical (unpaired) electrons. The largest absolute Gasteiger partial charge is 0.416 e. The highest BCUT2D eigenvalue weighted by Gasteiger charge is 2.32. The molecule has 0 bridgehead atoms. The van der Waals surface area contributed by atoms with Gasteiger partial charge in [-0.3, -0.25) is 9.56 Å². The van der Waals surface area contributed by atoms with Crippen LogP contribution in [0.5, 0.6) is 0 Å². The van der Waals surface area contributed by atoms with Gasteiger partial charge >= 0.3 is 11.9 Å². The molecule has 2 aromatic carbocycles. The molecule has 10 nitrogen and oxygen atoms in total. The Morgan fingerprint density at radius 2 is 1.59 bits per heavy atom. The van der Waals surface area contributed by atoms with Gasteiger partial charge in [-0.05, 0) is 86.2 Å². The Kier molecular flexibility index (Phi) is 13.3. The summed E-state index contributed by atoms with van der Waals surface area (Å²) >= 11 is 0. The van der Waals surface area contributed by atoms with Crippen LogP contribution < -0.4 is 28.2 Å². The predicted molar refractivity (Wildman–Crippen MR) is 200 cm³/mol. The molecular weight excluding hydrogens is 657 g/mol. The van der Waals surface area contributed by atoms with Crippen LogP contribution in [0.2, 0.25) is 0 Å². The first kappa shape index (κ1) is 41.2. The number of nitrogens with two attached hydrogens (primary N) is 3. The minimum absolute atomic E-state index is 0.0390. The van der Waals surface area contributed by atoms with Crippen molar-refractivity contribution in [2.24, 2.45) is 22.2 Å². The van der Waals surface area contributed by atoms with Crippen LogP contribution >= 0.6 is 0 Å². The molecule has 0 amide bonds. The number of aliphatic imine (C=N–C) groups is 1. The lowest BCUT2D eigenvalue weighted by atomic mass is 9.85. The van der Waals surface area contributed by atoms with E-state index in [9.17, 15) is 18.0 Å². The highest BCUT2D eigenvalue weighted by molar-refractivity contribution is 5.76. The molecule has 4 aromatic rings. The fraction of sp³-hybridized carbons (Fsp3) is 0.500. The van der Waals surface area contributed by atoms with Crippen molar-refractivity contribution in [2.45, 2.75) is 104 Å². The number of nitrogens with one attached hydrogen (secondary N) is 2. The van der Waals surface area contributed by atoms with E-state index in [1.807, 2.05) is 51.2 Å². The molecule has 0 aliphatic heterocycles. The highest BCUT2D eigenvalue weighted by Crippen LogP contribution is 2.34. The molecule has 4 rings (SSSR count). The second-order valence-corrected chi connectivity index (χ2v) is 15.7. The molecule has 280 valence electrons. The maximum Gasteiger partial charge on any atom is 0.416 e. The Morgan fingerprint density at radius 1 is 0.961 bits per heavy atom. The molecule has 51 heavy (non-hydrogen) atoms. The summed E-state index contributed by atoms with van der Waals surface area (Å²) in [4.78, 5) is 24.0. The van der Waals surface area contributed by atoms with E-state index in [0.29, 0.717) is 23.3 Å². The fourth-order valence-corrected chi connectivity index (χ4v) is 5.03. The number of rotatable bonds is 11. The monoisotopic (exact) mass is 712 g/mol. The maximum absolute atomic E-state index is 13.0. The first-order chi connectivity index (χ1) is 23.4. The smallest absolute Gasteiger partial charge is 0.375 e. The van der Waals surface area contributed by atoms with Gasteiger partial charge < -0.3 is 32.2 Å². The van der Waals surface area contributed by atoms with Crippen molar-refractivity contribution in [2.75, 3.05) is 19.7 Å². The van der Waals surface area contributed by atoms with Crippen molar-refractivity contribution in [3.05, 3.63) is 93.2 Å². The molecule has 13 heteroatoms. The van der Waals surface area contributed by atoms with Gasteiger partial charge in [-0.15, -0.1) is 0 Å². The third-order valence-electron chi connectivity index (χ3n) is 8.00. The summed E-state index contributed by atoms with van der Waals surface area (Å²) in [6.07, 6.45) is -1.66. The Hall–Kier alpha value is -4.20. The lowest BCUT2D eigenvalue weighted by molar-refractivity contribution is -0.137. The quantitative estimate of drug-likeness (QED) is 0.0666. The second-order valence-electron chi connectivity index (χ2n) is 15.7. The summed E-state index contributed by atoms with van der Waals surface area (Å²) < 4.78 is 46.0. The first-order valence-electron chi connectivity index (χ1n) is 17.0. The summed E-state index contributed by atoms with van der Waals surface area (Å²) in [7, 11) is 0. The molecule has 0 aliphatic carbocycles. The van der Waals surface area contributed by atoms with Gasteiger partial charge in [0.2, 0.25) is 0 Å². The van der Waals surface area contributed by atoms with Crippen LogP contribution in [0.3, 0.4) is 0 Å². The zero-order chi connectivity index (χ0) is 38.4. The van der Waals surface area contributed by atoms with Gasteiger partial charge in [0.25, 0.3) is 0 Å². The Labute approximate surface area is 299 Å². The van der Waals surface area contributed by atoms with Crippen LogP contribution in [-0.2, 0) is 28.4 Å². The fourth-order valence-electron chi connectivity index (χ4n) is 5.03. The van der Waals surface area contributed by atoms with E-state index in [1.165, 1.54) is 6.07 Å².